The fourth-order valence-corrected chi connectivity index (χ4v) is 2.53. The molecule has 116 valence electrons. The smallest absolute Gasteiger partial charge is 0.319 e. The molecule has 1 aromatic carbocycles. The van der Waals surface area contributed by atoms with Crippen LogP contribution in [0.4, 0.5) is 10.5 Å². The largest absolute Gasteiger partial charge is 0.469 e. The van der Waals surface area contributed by atoms with Crippen LogP contribution < -0.4 is 10.6 Å². The van der Waals surface area contributed by atoms with Gasteiger partial charge in [0, 0.05) is 18.2 Å². The summed E-state index contributed by atoms with van der Waals surface area (Å²) in [4.78, 5) is 12.0. The number of anilines is 1. The lowest BCUT2D eigenvalue weighted by molar-refractivity contribution is 0.134. The van der Waals surface area contributed by atoms with Crippen LogP contribution in [0.5, 0.6) is 0 Å². The summed E-state index contributed by atoms with van der Waals surface area (Å²) in [6, 6.07) is 9.57. The summed E-state index contributed by atoms with van der Waals surface area (Å²) >= 11 is 0. The predicted molar refractivity (Wildman–Crippen MR) is 83.6 cm³/mol. The maximum Gasteiger partial charge on any atom is 0.319 e. The lowest BCUT2D eigenvalue weighted by Crippen LogP contribution is -2.36. The van der Waals surface area contributed by atoms with Crippen molar-refractivity contribution in [3.63, 3.8) is 0 Å². The Morgan fingerprint density at radius 1 is 1.27 bits per heavy atom. The maximum atomic E-state index is 12.0. The van der Waals surface area contributed by atoms with Crippen molar-refractivity contribution in [2.24, 2.45) is 0 Å². The number of rotatable bonds is 5. The number of hydrogen-bond donors (Lipinski definition) is 2. The number of carbonyl (C=O) groups excluding carboxylic acids is 1. The summed E-state index contributed by atoms with van der Waals surface area (Å²) in [5.41, 5.74) is 3.13. The minimum atomic E-state index is -0.189. The molecular formula is C17H20N2O3. The van der Waals surface area contributed by atoms with Gasteiger partial charge in [-0.05, 0) is 48.7 Å². The average Bonchev–Trinajstić information content (AvgIpc) is 3.15. The molecule has 1 aromatic heterocycles. The molecule has 0 saturated heterocycles. The van der Waals surface area contributed by atoms with Gasteiger partial charge in [0.1, 0.15) is 5.76 Å². The molecule has 0 aliphatic carbocycles. The lowest BCUT2D eigenvalue weighted by Gasteiger charge is -2.14. The van der Waals surface area contributed by atoms with Gasteiger partial charge in [0.2, 0.25) is 0 Å². The van der Waals surface area contributed by atoms with Gasteiger partial charge >= 0.3 is 6.03 Å². The molecule has 0 bridgehead atoms. The Balaban J connectivity index is 1.47. The third-order valence-corrected chi connectivity index (χ3v) is 3.76. The molecule has 1 atom stereocenters. The minimum absolute atomic E-state index is 0.0721. The molecule has 1 aliphatic rings. The van der Waals surface area contributed by atoms with Crippen LogP contribution in [0.1, 0.15) is 30.2 Å². The molecule has 22 heavy (non-hydrogen) atoms. The Morgan fingerprint density at radius 2 is 2.14 bits per heavy atom. The first-order chi connectivity index (χ1) is 10.7. The Labute approximate surface area is 129 Å². The van der Waals surface area contributed by atoms with Gasteiger partial charge in [-0.1, -0.05) is 6.07 Å². The number of carbonyl (C=O) groups is 1. The minimum Gasteiger partial charge on any atom is -0.469 e. The second-order valence-electron chi connectivity index (χ2n) is 5.59. The fraction of sp³-hybridized carbons (Fsp3) is 0.353. The zero-order valence-electron chi connectivity index (χ0n) is 12.6. The molecule has 1 unspecified atom stereocenters. The molecule has 2 heterocycles. The van der Waals surface area contributed by atoms with Crippen molar-refractivity contribution in [2.75, 3.05) is 5.32 Å². The second-order valence-corrected chi connectivity index (χ2v) is 5.59. The van der Waals surface area contributed by atoms with Crippen LogP contribution in [0.25, 0.3) is 0 Å². The summed E-state index contributed by atoms with van der Waals surface area (Å²) in [6.07, 6.45) is 3.31. The van der Waals surface area contributed by atoms with E-state index in [4.69, 9.17) is 9.15 Å². The molecule has 2 aromatic rings. The van der Waals surface area contributed by atoms with Crippen LogP contribution in [-0.2, 0) is 24.4 Å². The van der Waals surface area contributed by atoms with Gasteiger partial charge < -0.3 is 19.8 Å². The quantitative estimate of drug-likeness (QED) is 0.889. The van der Waals surface area contributed by atoms with E-state index >= 15 is 0 Å². The highest BCUT2D eigenvalue weighted by atomic mass is 16.5. The van der Waals surface area contributed by atoms with Crippen LogP contribution in [0.3, 0.4) is 0 Å². The summed E-state index contributed by atoms with van der Waals surface area (Å²) < 4.78 is 10.7. The first-order valence-corrected chi connectivity index (χ1v) is 7.50. The number of fused-ring (bicyclic) bond motifs is 1. The van der Waals surface area contributed by atoms with Gasteiger partial charge in [-0.25, -0.2) is 4.79 Å². The highest BCUT2D eigenvalue weighted by molar-refractivity contribution is 5.89. The summed E-state index contributed by atoms with van der Waals surface area (Å²) in [5.74, 6) is 0.938. The fourth-order valence-electron chi connectivity index (χ4n) is 2.53. The number of amides is 2. The topological polar surface area (TPSA) is 63.5 Å². The van der Waals surface area contributed by atoms with E-state index in [9.17, 15) is 4.79 Å². The Morgan fingerprint density at radius 3 is 2.95 bits per heavy atom. The maximum absolute atomic E-state index is 12.0. The van der Waals surface area contributed by atoms with Gasteiger partial charge in [-0.15, -0.1) is 0 Å². The summed E-state index contributed by atoms with van der Waals surface area (Å²) in [5, 5.41) is 5.80. The van der Waals surface area contributed by atoms with Crippen LogP contribution in [0, 0.1) is 0 Å². The highest BCUT2D eigenvalue weighted by Gasteiger charge is 2.13. The first kappa shape index (κ1) is 14.7. The SMILES string of the molecule is CC(CCc1ccco1)NC(=O)Nc1ccc2c(c1)COC2. The predicted octanol–water partition coefficient (Wildman–Crippen LogP) is 3.45. The van der Waals surface area contributed by atoms with E-state index in [1.165, 1.54) is 5.56 Å². The van der Waals surface area contributed by atoms with Crippen molar-refractivity contribution in [1.29, 1.82) is 0 Å². The van der Waals surface area contributed by atoms with Crippen molar-refractivity contribution >= 4 is 11.7 Å². The van der Waals surface area contributed by atoms with E-state index in [-0.39, 0.29) is 12.1 Å². The zero-order valence-corrected chi connectivity index (χ0v) is 12.6. The third kappa shape index (κ3) is 3.68. The van der Waals surface area contributed by atoms with Crippen LogP contribution in [0.15, 0.2) is 41.0 Å². The number of hydrogen-bond acceptors (Lipinski definition) is 3. The van der Waals surface area contributed by atoms with Crippen molar-refractivity contribution in [3.05, 3.63) is 53.5 Å². The van der Waals surface area contributed by atoms with E-state index in [2.05, 4.69) is 10.6 Å². The van der Waals surface area contributed by atoms with Gasteiger partial charge in [-0.2, -0.15) is 0 Å². The summed E-state index contributed by atoms with van der Waals surface area (Å²) in [6.45, 7) is 3.26. The number of nitrogens with one attached hydrogen (secondary N) is 2. The van der Waals surface area contributed by atoms with Gasteiger partial charge in [0.05, 0.1) is 19.5 Å². The third-order valence-electron chi connectivity index (χ3n) is 3.76. The number of benzene rings is 1. The van der Waals surface area contributed by atoms with E-state index in [1.807, 2.05) is 37.3 Å². The molecule has 0 radical (unpaired) electrons. The van der Waals surface area contributed by atoms with Gasteiger partial charge in [-0.3, -0.25) is 0 Å². The molecule has 0 saturated carbocycles. The molecule has 2 amide bonds. The Kier molecular flexibility index (Phi) is 4.44. The number of furan rings is 1. The average molecular weight is 300 g/mol. The molecule has 1 aliphatic heterocycles. The zero-order chi connectivity index (χ0) is 15.4. The molecule has 5 nitrogen and oxygen atoms in total. The lowest BCUT2D eigenvalue weighted by atomic mass is 10.1. The Bertz CT molecular complexity index is 637. The monoisotopic (exact) mass is 300 g/mol. The van der Waals surface area contributed by atoms with E-state index < -0.39 is 0 Å². The number of aryl methyl sites for hydroxylation is 1. The van der Waals surface area contributed by atoms with Crippen molar-refractivity contribution < 1.29 is 13.9 Å². The van der Waals surface area contributed by atoms with Gasteiger partial charge in [0.15, 0.2) is 0 Å². The van der Waals surface area contributed by atoms with E-state index in [0.29, 0.717) is 13.2 Å². The number of urea groups is 1. The number of ether oxygens (including phenoxy) is 1. The Hall–Kier alpha value is -2.27. The van der Waals surface area contributed by atoms with Crippen LogP contribution >= 0.6 is 0 Å². The molecule has 5 heteroatoms. The molecule has 2 N–H and O–H groups in total. The molecule has 0 spiro atoms. The molecule has 3 rings (SSSR count). The van der Waals surface area contributed by atoms with Crippen molar-refractivity contribution in [3.8, 4) is 0 Å². The summed E-state index contributed by atoms with van der Waals surface area (Å²) in [7, 11) is 0. The second kappa shape index (κ2) is 6.66. The normalized spacial score (nSPS) is 14.4. The van der Waals surface area contributed by atoms with Crippen molar-refractivity contribution in [1.82, 2.24) is 5.32 Å². The van der Waals surface area contributed by atoms with Crippen molar-refractivity contribution in [2.45, 2.75) is 39.0 Å². The standard InChI is InChI=1S/C17H20N2O3/c1-12(4-7-16-3-2-8-22-16)18-17(20)19-15-6-5-13-10-21-11-14(13)9-15/h2-3,5-6,8-9,12H,4,7,10-11H2,1H3,(H2,18,19,20). The van der Waals surface area contributed by atoms with E-state index in [0.717, 1.165) is 29.9 Å². The highest BCUT2D eigenvalue weighted by Crippen LogP contribution is 2.23. The molecular weight excluding hydrogens is 280 g/mol. The van der Waals surface area contributed by atoms with E-state index in [1.54, 1.807) is 6.26 Å². The van der Waals surface area contributed by atoms with Crippen LogP contribution in [0.2, 0.25) is 0 Å². The van der Waals surface area contributed by atoms with Gasteiger partial charge in [0.25, 0.3) is 0 Å². The van der Waals surface area contributed by atoms with Crippen LogP contribution in [-0.4, -0.2) is 12.1 Å². The first-order valence-electron chi connectivity index (χ1n) is 7.50. The molecule has 0 fully saturated rings.